The molecule has 0 aromatic heterocycles. The third-order valence-corrected chi connectivity index (χ3v) is 5.41. The van der Waals surface area contributed by atoms with Crippen molar-refractivity contribution in [3.63, 3.8) is 0 Å². The lowest BCUT2D eigenvalue weighted by atomic mass is 9.82. The van der Waals surface area contributed by atoms with E-state index >= 15 is 0 Å². The van der Waals surface area contributed by atoms with Gasteiger partial charge < -0.3 is 9.84 Å². The van der Waals surface area contributed by atoms with Crippen LogP contribution in [0.1, 0.15) is 51.4 Å². The van der Waals surface area contributed by atoms with E-state index in [1.54, 1.807) is 0 Å². The van der Waals surface area contributed by atoms with Gasteiger partial charge in [0.25, 0.3) is 0 Å². The van der Waals surface area contributed by atoms with Gasteiger partial charge in [-0.25, -0.2) is 0 Å². The first-order chi connectivity index (χ1) is 8.31. The molecular weight excluding hydrogens is 212 g/mol. The second kappa shape index (κ2) is 5.27. The Labute approximate surface area is 105 Å². The number of aliphatic hydroxyl groups excluding tert-OH is 1. The molecule has 2 saturated carbocycles. The van der Waals surface area contributed by atoms with Gasteiger partial charge in [0, 0.05) is 13.2 Å². The number of hydrogen-bond acceptors (Lipinski definition) is 2. The van der Waals surface area contributed by atoms with Crippen LogP contribution in [0.5, 0.6) is 0 Å². The lowest BCUT2D eigenvalue weighted by molar-refractivity contribution is 0.0356. The minimum atomic E-state index is -0.0394. The first-order valence-corrected chi connectivity index (χ1v) is 7.57. The summed E-state index contributed by atoms with van der Waals surface area (Å²) in [5, 5.41) is 10.2. The monoisotopic (exact) mass is 238 g/mol. The Hall–Kier alpha value is -0.0800. The van der Waals surface area contributed by atoms with E-state index in [0.29, 0.717) is 0 Å². The molecule has 1 heterocycles. The molecule has 0 aromatic carbocycles. The van der Waals surface area contributed by atoms with Gasteiger partial charge >= 0.3 is 0 Å². The van der Waals surface area contributed by atoms with E-state index in [9.17, 15) is 5.11 Å². The largest absolute Gasteiger partial charge is 0.393 e. The highest BCUT2D eigenvalue weighted by Crippen LogP contribution is 2.50. The minimum Gasteiger partial charge on any atom is -0.393 e. The van der Waals surface area contributed by atoms with E-state index in [2.05, 4.69) is 0 Å². The van der Waals surface area contributed by atoms with Crippen LogP contribution >= 0.6 is 0 Å². The van der Waals surface area contributed by atoms with E-state index in [0.717, 1.165) is 62.6 Å². The summed E-state index contributed by atoms with van der Waals surface area (Å²) in [6.07, 6.45) is 10.2. The molecule has 2 heteroatoms. The molecule has 1 aliphatic heterocycles. The summed E-state index contributed by atoms with van der Waals surface area (Å²) < 4.78 is 5.37. The summed E-state index contributed by atoms with van der Waals surface area (Å²) in [6.45, 7) is 1.82. The third-order valence-electron chi connectivity index (χ3n) is 5.41. The van der Waals surface area contributed by atoms with Crippen molar-refractivity contribution in [3.8, 4) is 0 Å². The molecule has 2 aliphatic carbocycles. The van der Waals surface area contributed by atoms with Crippen molar-refractivity contribution in [1.82, 2.24) is 0 Å². The Morgan fingerprint density at radius 1 is 1.00 bits per heavy atom. The molecule has 0 radical (unpaired) electrons. The van der Waals surface area contributed by atoms with Crippen molar-refractivity contribution >= 4 is 0 Å². The highest BCUT2D eigenvalue weighted by Gasteiger charge is 2.40. The van der Waals surface area contributed by atoms with Crippen molar-refractivity contribution < 1.29 is 9.84 Å². The van der Waals surface area contributed by atoms with Gasteiger partial charge in [-0.15, -0.1) is 0 Å². The first-order valence-electron chi connectivity index (χ1n) is 7.57. The van der Waals surface area contributed by atoms with Gasteiger partial charge in [-0.05, 0) is 68.6 Å². The third kappa shape index (κ3) is 2.85. The van der Waals surface area contributed by atoms with Gasteiger partial charge in [0.2, 0.25) is 0 Å². The molecule has 2 nitrogen and oxygen atoms in total. The Morgan fingerprint density at radius 2 is 1.82 bits per heavy atom. The predicted molar refractivity (Wildman–Crippen MR) is 67.7 cm³/mol. The molecular formula is C15H26O2. The Kier molecular flexibility index (Phi) is 3.72. The molecule has 3 aliphatic rings. The minimum absolute atomic E-state index is 0.0394. The fraction of sp³-hybridized carbons (Fsp3) is 1.00. The molecule has 3 rings (SSSR count). The number of rotatable bonds is 4. The second-order valence-electron chi connectivity index (χ2n) is 6.62. The molecule has 0 spiro atoms. The van der Waals surface area contributed by atoms with Crippen LogP contribution in [-0.4, -0.2) is 24.4 Å². The van der Waals surface area contributed by atoms with Crippen LogP contribution in [-0.2, 0) is 4.74 Å². The Balaban J connectivity index is 1.42. The maximum atomic E-state index is 10.2. The maximum Gasteiger partial charge on any atom is 0.0545 e. The second-order valence-corrected chi connectivity index (χ2v) is 6.62. The van der Waals surface area contributed by atoms with Crippen LogP contribution in [0.15, 0.2) is 0 Å². The molecule has 17 heavy (non-hydrogen) atoms. The molecule has 4 unspecified atom stereocenters. The topological polar surface area (TPSA) is 29.5 Å². The quantitative estimate of drug-likeness (QED) is 0.816. The summed E-state index contributed by atoms with van der Waals surface area (Å²) in [6, 6.07) is 0. The van der Waals surface area contributed by atoms with Crippen LogP contribution in [0.4, 0.5) is 0 Å². The SMILES string of the molecule is OC(CC1CCOCC1)CC1CC2CCC1C2. The van der Waals surface area contributed by atoms with Crippen molar-refractivity contribution in [2.24, 2.45) is 23.7 Å². The molecule has 1 N–H and O–H groups in total. The zero-order valence-electron chi connectivity index (χ0n) is 10.8. The maximum absolute atomic E-state index is 10.2. The molecule has 98 valence electrons. The van der Waals surface area contributed by atoms with Crippen molar-refractivity contribution in [1.29, 1.82) is 0 Å². The highest BCUT2D eigenvalue weighted by molar-refractivity contribution is 4.91. The zero-order chi connectivity index (χ0) is 11.7. The Bertz CT molecular complexity index is 247. The van der Waals surface area contributed by atoms with Crippen LogP contribution in [0.3, 0.4) is 0 Å². The summed E-state index contributed by atoms with van der Waals surface area (Å²) in [5.74, 6) is 3.55. The van der Waals surface area contributed by atoms with E-state index in [1.165, 1.54) is 25.7 Å². The summed E-state index contributed by atoms with van der Waals surface area (Å²) in [5.41, 5.74) is 0. The van der Waals surface area contributed by atoms with Gasteiger partial charge in [-0.1, -0.05) is 6.42 Å². The van der Waals surface area contributed by atoms with Crippen molar-refractivity contribution in [2.75, 3.05) is 13.2 Å². The average molecular weight is 238 g/mol. The first kappa shape index (κ1) is 12.0. The van der Waals surface area contributed by atoms with Gasteiger partial charge in [0.05, 0.1) is 6.10 Å². The normalized spacial score (nSPS) is 39.7. The van der Waals surface area contributed by atoms with Gasteiger partial charge in [-0.3, -0.25) is 0 Å². The molecule has 1 saturated heterocycles. The van der Waals surface area contributed by atoms with E-state index < -0.39 is 0 Å². The van der Waals surface area contributed by atoms with Crippen LogP contribution in [0, 0.1) is 23.7 Å². The fourth-order valence-electron chi connectivity index (χ4n) is 4.48. The average Bonchev–Trinajstić information content (AvgIpc) is 2.92. The lowest BCUT2D eigenvalue weighted by Gasteiger charge is -2.28. The van der Waals surface area contributed by atoms with Gasteiger partial charge in [0.15, 0.2) is 0 Å². The van der Waals surface area contributed by atoms with Crippen LogP contribution in [0.2, 0.25) is 0 Å². The standard InChI is InChI=1S/C15H26O2/c16-15(9-11-3-5-17-6-4-11)10-14-8-12-1-2-13(14)7-12/h11-16H,1-10H2. The fourth-order valence-corrected chi connectivity index (χ4v) is 4.48. The number of fused-ring (bicyclic) bond motifs is 2. The zero-order valence-corrected chi connectivity index (χ0v) is 10.8. The molecule has 4 atom stereocenters. The molecule has 0 amide bonds. The smallest absolute Gasteiger partial charge is 0.0545 e. The summed E-state index contributed by atoms with van der Waals surface area (Å²) >= 11 is 0. The molecule has 0 aromatic rings. The number of hydrogen-bond donors (Lipinski definition) is 1. The van der Waals surface area contributed by atoms with E-state index in [4.69, 9.17) is 4.74 Å². The summed E-state index contributed by atoms with van der Waals surface area (Å²) in [4.78, 5) is 0. The number of ether oxygens (including phenoxy) is 1. The molecule has 3 fully saturated rings. The highest BCUT2D eigenvalue weighted by atomic mass is 16.5. The Morgan fingerprint density at radius 3 is 2.47 bits per heavy atom. The number of aliphatic hydroxyl groups is 1. The van der Waals surface area contributed by atoms with Gasteiger partial charge in [0.1, 0.15) is 0 Å². The lowest BCUT2D eigenvalue weighted by Crippen LogP contribution is -2.24. The van der Waals surface area contributed by atoms with Crippen molar-refractivity contribution in [2.45, 2.75) is 57.5 Å². The van der Waals surface area contributed by atoms with E-state index in [-0.39, 0.29) is 6.10 Å². The van der Waals surface area contributed by atoms with Crippen molar-refractivity contribution in [3.05, 3.63) is 0 Å². The molecule has 2 bridgehead atoms. The predicted octanol–water partition coefficient (Wildman–Crippen LogP) is 2.99. The van der Waals surface area contributed by atoms with Crippen LogP contribution in [0.25, 0.3) is 0 Å². The van der Waals surface area contributed by atoms with Crippen LogP contribution < -0.4 is 0 Å². The van der Waals surface area contributed by atoms with Gasteiger partial charge in [-0.2, -0.15) is 0 Å². The summed E-state index contributed by atoms with van der Waals surface area (Å²) in [7, 11) is 0. The van der Waals surface area contributed by atoms with E-state index in [1.807, 2.05) is 0 Å².